The largest absolute Gasteiger partial charge is 0.456 e. The summed E-state index contributed by atoms with van der Waals surface area (Å²) in [6.45, 7) is 4.75. The molecule has 0 aliphatic heterocycles. The topological polar surface area (TPSA) is 49.4 Å². The van der Waals surface area contributed by atoms with Crippen molar-refractivity contribution >= 4 is 61.1 Å². The highest BCUT2D eigenvalue weighted by atomic mass is 16.3. The van der Waals surface area contributed by atoms with Crippen molar-refractivity contribution in [1.29, 1.82) is 5.41 Å². The van der Waals surface area contributed by atoms with Gasteiger partial charge in [-0.1, -0.05) is 153 Å². The summed E-state index contributed by atoms with van der Waals surface area (Å²) in [5.74, 6) is 0. The van der Waals surface area contributed by atoms with Crippen LogP contribution in [0, 0.1) is 5.41 Å². The average molecular weight is 693 g/mol. The van der Waals surface area contributed by atoms with Crippen molar-refractivity contribution in [2.45, 2.75) is 19.3 Å². The molecule has 0 amide bonds. The Morgan fingerprint density at radius 3 is 2.00 bits per heavy atom. The second-order valence-electron chi connectivity index (χ2n) is 14.7. The molecule has 1 N–H and O–H groups in total. The zero-order valence-corrected chi connectivity index (χ0v) is 30.1. The fourth-order valence-corrected chi connectivity index (χ4v) is 8.70. The van der Waals surface area contributed by atoms with E-state index in [2.05, 4.69) is 117 Å². The normalized spacial score (nSPS) is 13.6. The van der Waals surface area contributed by atoms with E-state index in [4.69, 9.17) is 14.8 Å². The Balaban J connectivity index is 1.10. The fraction of sp³-hybridized carbons (Fsp3) is 0.0588. The maximum atomic E-state index is 9.03. The number of fused-ring (bicyclic) bond motifs is 9. The molecular formula is C51H36N2O. The Kier molecular flexibility index (Phi) is 7.31. The summed E-state index contributed by atoms with van der Waals surface area (Å²) < 4.78 is 6.14. The van der Waals surface area contributed by atoms with E-state index in [9.17, 15) is 0 Å². The van der Waals surface area contributed by atoms with Crippen molar-refractivity contribution < 1.29 is 4.42 Å². The molecule has 0 saturated carbocycles. The Morgan fingerprint density at radius 2 is 1.17 bits per heavy atom. The molecule has 3 heteroatoms. The predicted octanol–water partition coefficient (Wildman–Crippen LogP) is 13.4. The molecule has 0 saturated heterocycles. The first kappa shape index (κ1) is 31.9. The molecule has 256 valence electrons. The highest BCUT2D eigenvalue weighted by Crippen LogP contribution is 2.54. The van der Waals surface area contributed by atoms with Crippen LogP contribution in [0.5, 0.6) is 0 Å². The van der Waals surface area contributed by atoms with Crippen LogP contribution < -0.4 is 0 Å². The highest BCUT2D eigenvalue weighted by molar-refractivity contribution is 6.13. The zero-order valence-electron chi connectivity index (χ0n) is 30.1. The molecule has 1 aliphatic rings. The molecule has 0 radical (unpaired) electrons. The van der Waals surface area contributed by atoms with Crippen LogP contribution in [0.4, 0.5) is 0 Å². The van der Waals surface area contributed by atoms with Gasteiger partial charge in [0.05, 0.1) is 11.4 Å². The molecule has 0 fully saturated rings. The van der Waals surface area contributed by atoms with Crippen LogP contribution in [-0.2, 0) is 5.41 Å². The first-order chi connectivity index (χ1) is 26.5. The number of aliphatic imine (C=N–C) groups is 1. The summed E-state index contributed by atoms with van der Waals surface area (Å²) in [4.78, 5) is 5.16. The molecule has 1 heterocycles. The molecule has 3 nitrogen and oxygen atoms in total. The standard InChI is InChI=1S/C51H36N2O/c1-51(2)49-37-17-7-6-13-32(37)23-27-43(49)42-21-12-20-41(50(42)51)39-26-24-35(36-16-8-9-18-38(36)39)31-53-46(30-45(52)33-14-4-3-5-15-33)34-25-28-48-44(29-34)40-19-10-11-22-47(40)54-48/h3-31,52H,1-2H3/b46-30-,52-45?,53-31?. The second-order valence-corrected chi connectivity index (χ2v) is 14.7. The molecule has 0 atom stereocenters. The van der Waals surface area contributed by atoms with Crippen LogP contribution in [0.2, 0.25) is 0 Å². The lowest BCUT2D eigenvalue weighted by molar-refractivity contribution is 0.668. The van der Waals surface area contributed by atoms with E-state index in [-0.39, 0.29) is 5.41 Å². The van der Waals surface area contributed by atoms with E-state index < -0.39 is 0 Å². The van der Waals surface area contributed by atoms with Crippen LogP contribution in [0.1, 0.15) is 41.7 Å². The minimum Gasteiger partial charge on any atom is -0.456 e. The number of benzene rings is 8. The minimum absolute atomic E-state index is 0.187. The quantitative estimate of drug-likeness (QED) is 0.173. The SMILES string of the molecule is CC1(C)c2c(cccc2-c2ccc(C=N/C(=C\C(=N)c3ccccc3)c3ccc4oc5ccccc5c4c3)c3ccccc23)-c2ccc3ccccc3c21. The lowest BCUT2D eigenvalue weighted by Crippen LogP contribution is -2.17. The average Bonchev–Trinajstić information content (AvgIpc) is 3.71. The van der Waals surface area contributed by atoms with Gasteiger partial charge in [0.2, 0.25) is 0 Å². The van der Waals surface area contributed by atoms with Gasteiger partial charge in [-0.2, -0.15) is 0 Å². The number of para-hydroxylation sites is 1. The Bertz CT molecular complexity index is 3030. The minimum atomic E-state index is -0.187. The number of hydrogen-bond acceptors (Lipinski definition) is 3. The van der Waals surface area contributed by atoms with E-state index >= 15 is 0 Å². The van der Waals surface area contributed by atoms with Crippen molar-refractivity contribution in [3.8, 4) is 22.3 Å². The molecule has 10 rings (SSSR count). The lowest BCUT2D eigenvalue weighted by Gasteiger charge is -2.26. The van der Waals surface area contributed by atoms with Crippen molar-refractivity contribution in [3.05, 3.63) is 198 Å². The van der Waals surface area contributed by atoms with E-state index in [1.165, 1.54) is 49.5 Å². The van der Waals surface area contributed by atoms with Crippen LogP contribution in [0.15, 0.2) is 179 Å². The van der Waals surface area contributed by atoms with Gasteiger partial charge in [-0.15, -0.1) is 0 Å². The van der Waals surface area contributed by atoms with Crippen LogP contribution in [-0.4, -0.2) is 11.9 Å². The predicted molar refractivity (Wildman–Crippen MR) is 227 cm³/mol. The van der Waals surface area contributed by atoms with Crippen LogP contribution >= 0.6 is 0 Å². The molecule has 0 spiro atoms. The summed E-state index contributed by atoms with van der Waals surface area (Å²) >= 11 is 0. The molecule has 54 heavy (non-hydrogen) atoms. The Labute approximate surface area is 314 Å². The third-order valence-electron chi connectivity index (χ3n) is 11.2. The number of allylic oxidation sites excluding steroid dienone is 1. The van der Waals surface area contributed by atoms with Crippen molar-refractivity contribution in [3.63, 3.8) is 0 Å². The third kappa shape index (κ3) is 5.04. The van der Waals surface area contributed by atoms with Gasteiger partial charge in [0.1, 0.15) is 11.2 Å². The molecule has 1 aliphatic carbocycles. The molecule has 0 unspecified atom stereocenters. The second kappa shape index (κ2) is 12.4. The van der Waals surface area contributed by atoms with Gasteiger partial charge in [0.25, 0.3) is 0 Å². The van der Waals surface area contributed by atoms with Gasteiger partial charge in [0, 0.05) is 33.5 Å². The third-order valence-corrected chi connectivity index (χ3v) is 11.2. The number of rotatable bonds is 6. The summed E-state index contributed by atoms with van der Waals surface area (Å²) in [6, 6.07) is 57.3. The monoisotopic (exact) mass is 692 g/mol. The maximum Gasteiger partial charge on any atom is 0.135 e. The summed E-state index contributed by atoms with van der Waals surface area (Å²) in [7, 11) is 0. The van der Waals surface area contributed by atoms with Gasteiger partial charge < -0.3 is 9.83 Å². The number of furan rings is 1. The van der Waals surface area contributed by atoms with Gasteiger partial charge in [0.15, 0.2) is 0 Å². The molecule has 9 aromatic rings. The van der Waals surface area contributed by atoms with E-state index in [0.717, 1.165) is 44.0 Å². The van der Waals surface area contributed by atoms with Gasteiger partial charge in [-0.3, -0.25) is 4.99 Å². The number of nitrogens with one attached hydrogen (secondary N) is 1. The van der Waals surface area contributed by atoms with E-state index in [1.54, 1.807) is 0 Å². The molecule has 8 aromatic carbocycles. The first-order valence-electron chi connectivity index (χ1n) is 18.5. The fourth-order valence-electron chi connectivity index (χ4n) is 8.70. The molecule has 1 aromatic heterocycles. The van der Waals surface area contributed by atoms with Crippen molar-refractivity contribution in [2.75, 3.05) is 0 Å². The number of hydrogen-bond donors (Lipinski definition) is 1. The maximum absolute atomic E-state index is 9.03. The van der Waals surface area contributed by atoms with Gasteiger partial charge in [-0.05, 0) is 90.8 Å². The molecular weight excluding hydrogens is 657 g/mol. The van der Waals surface area contributed by atoms with Crippen molar-refractivity contribution in [2.24, 2.45) is 4.99 Å². The van der Waals surface area contributed by atoms with E-state index in [1.807, 2.05) is 73.0 Å². The first-order valence-corrected chi connectivity index (χ1v) is 18.5. The zero-order chi connectivity index (χ0) is 36.4. The van der Waals surface area contributed by atoms with Crippen molar-refractivity contribution in [1.82, 2.24) is 0 Å². The van der Waals surface area contributed by atoms with E-state index in [0.29, 0.717) is 11.4 Å². The van der Waals surface area contributed by atoms with Crippen LogP contribution in [0.25, 0.3) is 71.4 Å². The van der Waals surface area contributed by atoms with Gasteiger partial charge >= 0.3 is 0 Å². The highest BCUT2D eigenvalue weighted by Gasteiger charge is 2.39. The van der Waals surface area contributed by atoms with Gasteiger partial charge in [-0.25, -0.2) is 0 Å². The summed E-state index contributed by atoms with van der Waals surface area (Å²) in [5, 5.41) is 16.0. The summed E-state index contributed by atoms with van der Waals surface area (Å²) in [5.41, 5.74) is 13.2. The Morgan fingerprint density at radius 1 is 0.519 bits per heavy atom. The smallest absolute Gasteiger partial charge is 0.135 e. The molecule has 0 bridgehead atoms. The number of nitrogens with zero attached hydrogens (tertiary/aromatic N) is 1. The Hall–Kier alpha value is -6.84. The summed E-state index contributed by atoms with van der Waals surface area (Å²) in [6.07, 6.45) is 3.82. The van der Waals surface area contributed by atoms with Crippen LogP contribution in [0.3, 0.4) is 0 Å². The lowest BCUT2D eigenvalue weighted by atomic mass is 9.77.